The van der Waals surface area contributed by atoms with Crippen LogP contribution in [0.2, 0.25) is 0 Å². The van der Waals surface area contributed by atoms with Crippen molar-refractivity contribution in [3.8, 4) is 0 Å². The molecule has 120 valence electrons. The molecule has 0 fully saturated rings. The van der Waals surface area contributed by atoms with Gasteiger partial charge in [0.05, 0.1) is 0 Å². The van der Waals surface area contributed by atoms with Crippen molar-refractivity contribution < 1.29 is 0 Å². The van der Waals surface area contributed by atoms with E-state index in [2.05, 4.69) is 61.7 Å². The maximum atomic E-state index is 5.99. The van der Waals surface area contributed by atoms with E-state index in [9.17, 15) is 0 Å². The summed E-state index contributed by atoms with van der Waals surface area (Å²) in [7, 11) is 0. The molecule has 1 aromatic heterocycles. The summed E-state index contributed by atoms with van der Waals surface area (Å²) in [5.74, 6) is 2.50. The van der Waals surface area contributed by atoms with Gasteiger partial charge in [-0.2, -0.15) is 0 Å². The largest absolute Gasteiger partial charge is 0.383 e. The fourth-order valence-electron chi connectivity index (χ4n) is 2.40. The average Bonchev–Trinajstić information content (AvgIpc) is 2.37. The van der Waals surface area contributed by atoms with Crippen LogP contribution in [-0.4, -0.2) is 40.0 Å². The standard InChI is InChI=1S/C16H31N5/c1-10(2)15-19-14(17)13(7)16(20-15)18-8-9-21(11(3)4)12(5)6/h10-12H,8-9H2,1-7H3,(H3,17,18,19,20). The second-order valence-corrected chi connectivity index (χ2v) is 6.45. The van der Waals surface area contributed by atoms with E-state index in [-0.39, 0.29) is 5.92 Å². The third-order valence-electron chi connectivity index (χ3n) is 3.71. The van der Waals surface area contributed by atoms with E-state index in [1.807, 2.05) is 6.92 Å². The van der Waals surface area contributed by atoms with E-state index >= 15 is 0 Å². The molecule has 0 amide bonds. The van der Waals surface area contributed by atoms with Gasteiger partial charge in [0.1, 0.15) is 17.5 Å². The number of nitrogens with one attached hydrogen (secondary N) is 1. The molecule has 0 unspecified atom stereocenters. The molecule has 0 spiro atoms. The Balaban J connectivity index is 2.75. The Bertz CT molecular complexity index is 446. The summed E-state index contributed by atoms with van der Waals surface area (Å²) >= 11 is 0. The number of nitrogens with two attached hydrogens (primary N) is 1. The van der Waals surface area contributed by atoms with Crippen LogP contribution in [0, 0.1) is 6.92 Å². The van der Waals surface area contributed by atoms with Crippen LogP contribution >= 0.6 is 0 Å². The third kappa shape index (κ3) is 4.84. The summed E-state index contributed by atoms with van der Waals surface area (Å²) in [6.07, 6.45) is 0. The zero-order valence-corrected chi connectivity index (χ0v) is 14.6. The number of hydrogen-bond donors (Lipinski definition) is 2. The summed E-state index contributed by atoms with van der Waals surface area (Å²) in [4.78, 5) is 11.4. The lowest BCUT2D eigenvalue weighted by Gasteiger charge is -2.30. The topological polar surface area (TPSA) is 67.1 Å². The van der Waals surface area contributed by atoms with Gasteiger partial charge < -0.3 is 11.1 Å². The van der Waals surface area contributed by atoms with Gasteiger partial charge in [-0.15, -0.1) is 0 Å². The van der Waals surface area contributed by atoms with E-state index < -0.39 is 0 Å². The van der Waals surface area contributed by atoms with Crippen molar-refractivity contribution in [3.05, 3.63) is 11.4 Å². The second kappa shape index (κ2) is 7.59. The molecule has 21 heavy (non-hydrogen) atoms. The number of anilines is 2. The summed E-state index contributed by atoms with van der Waals surface area (Å²) in [5.41, 5.74) is 6.92. The molecule has 1 aromatic rings. The highest BCUT2D eigenvalue weighted by molar-refractivity contribution is 5.54. The number of aromatic nitrogens is 2. The predicted molar refractivity (Wildman–Crippen MR) is 90.7 cm³/mol. The van der Waals surface area contributed by atoms with Crippen LogP contribution in [0.25, 0.3) is 0 Å². The van der Waals surface area contributed by atoms with Crippen LogP contribution in [-0.2, 0) is 0 Å². The minimum atomic E-state index is 0.274. The number of nitrogens with zero attached hydrogens (tertiary/aromatic N) is 3. The average molecular weight is 293 g/mol. The molecule has 0 bridgehead atoms. The van der Waals surface area contributed by atoms with Crippen LogP contribution < -0.4 is 11.1 Å². The molecule has 0 radical (unpaired) electrons. The van der Waals surface area contributed by atoms with Crippen molar-refractivity contribution in [2.45, 2.75) is 66.5 Å². The molecule has 0 atom stereocenters. The van der Waals surface area contributed by atoms with Gasteiger partial charge in [-0.3, -0.25) is 4.90 Å². The normalized spacial score (nSPS) is 12.0. The maximum absolute atomic E-state index is 5.99. The Morgan fingerprint density at radius 1 is 1.05 bits per heavy atom. The van der Waals surface area contributed by atoms with Crippen molar-refractivity contribution in [3.63, 3.8) is 0 Å². The monoisotopic (exact) mass is 293 g/mol. The molecular formula is C16H31N5. The van der Waals surface area contributed by atoms with Gasteiger partial charge in [0, 0.05) is 36.7 Å². The highest BCUT2D eigenvalue weighted by Gasteiger charge is 2.14. The van der Waals surface area contributed by atoms with Crippen LogP contribution in [0.3, 0.4) is 0 Å². The van der Waals surface area contributed by atoms with Gasteiger partial charge >= 0.3 is 0 Å². The number of nitrogen functional groups attached to an aromatic ring is 1. The fourth-order valence-corrected chi connectivity index (χ4v) is 2.40. The van der Waals surface area contributed by atoms with Crippen molar-refractivity contribution in [2.24, 2.45) is 0 Å². The first-order chi connectivity index (χ1) is 9.73. The van der Waals surface area contributed by atoms with Gasteiger partial charge in [-0.05, 0) is 34.6 Å². The third-order valence-corrected chi connectivity index (χ3v) is 3.71. The van der Waals surface area contributed by atoms with Gasteiger partial charge in [0.15, 0.2) is 0 Å². The first-order valence-electron chi connectivity index (χ1n) is 7.87. The van der Waals surface area contributed by atoms with Gasteiger partial charge in [-0.25, -0.2) is 9.97 Å². The summed E-state index contributed by atoms with van der Waals surface area (Å²) in [5, 5.41) is 3.42. The molecule has 0 aliphatic heterocycles. The molecule has 1 heterocycles. The van der Waals surface area contributed by atoms with E-state index in [1.54, 1.807) is 0 Å². The Morgan fingerprint density at radius 3 is 2.10 bits per heavy atom. The lowest BCUT2D eigenvalue weighted by Crippen LogP contribution is -2.40. The quantitative estimate of drug-likeness (QED) is 0.809. The fraction of sp³-hybridized carbons (Fsp3) is 0.750. The molecular weight excluding hydrogens is 262 g/mol. The number of rotatable bonds is 7. The van der Waals surface area contributed by atoms with Crippen molar-refractivity contribution >= 4 is 11.6 Å². The van der Waals surface area contributed by atoms with Gasteiger partial charge in [0.2, 0.25) is 0 Å². The van der Waals surface area contributed by atoms with Crippen LogP contribution in [0.15, 0.2) is 0 Å². The highest BCUT2D eigenvalue weighted by Crippen LogP contribution is 2.20. The highest BCUT2D eigenvalue weighted by atomic mass is 15.2. The summed E-state index contributed by atoms with van der Waals surface area (Å²) < 4.78 is 0. The molecule has 0 saturated carbocycles. The first-order valence-corrected chi connectivity index (χ1v) is 7.87. The van der Waals surface area contributed by atoms with Crippen LogP contribution in [0.4, 0.5) is 11.6 Å². The Labute approximate surface area is 129 Å². The Morgan fingerprint density at radius 2 is 1.62 bits per heavy atom. The minimum Gasteiger partial charge on any atom is -0.383 e. The summed E-state index contributed by atoms with van der Waals surface area (Å²) in [6, 6.07) is 1.07. The lowest BCUT2D eigenvalue weighted by atomic mass is 10.2. The number of hydrogen-bond acceptors (Lipinski definition) is 5. The zero-order valence-electron chi connectivity index (χ0n) is 14.6. The minimum absolute atomic E-state index is 0.274. The molecule has 1 rings (SSSR count). The maximum Gasteiger partial charge on any atom is 0.135 e. The zero-order chi connectivity index (χ0) is 16.2. The van der Waals surface area contributed by atoms with Crippen LogP contribution in [0.5, 0.6) is 0 Å². The van der Waals surface area contributed by atoms with E-state index in [4.69, 9.17) is 5.73 Å². The van der Waals surface area contributed by atoms with Crippen molar-refractivity contribution in [2.75, 3.05) is 24.1 Å². The molecule has 0 aliphatic carbocycles. The summed E-state index contributed by atoms with van der Waals surface area (Å²) in [6.45, 7) is 16.9. The van der Waals surface area contributed by atoms with Gasteiger partial charge in [0.25, 0.3) is 0 Å². The van der Waals surface area contributed by atoms with Crippen molar-refractivity contribution in [1.29, 1.82) is 0 Å². The van der Waals surface area contributed by atoms with E-state index in [1.165, 1.54) is 0 Å². The lowest BCUT2D eigenvalue weighted by molar-refractivity contribution is 0.182. The first kappa shape index (κ1) is 17.7. The van der Waals surface area contributed by atoms with Crippen LogP contribution in [0.1, 0.15) is 58.8 Å². The Hall–Kier alpha value is -1.36. The molecule has 5 nitrogen and oxygen atoms in total. The second-order valence-electron chi connectivity index (χ2n) is 6.45. The predicted octanol–water partition coefficient (Wildman–Crippen LogP) is 3.02. The van der Waals surface area contributed by atoms with Crippen molar-refractivity contribution in [1.82, 2.24) is 14.9 Å². The molecule has 0 aromatic carbocycles. The van der Waals surface area contributed by atoms with E-state index in [0.717, 1.165) is 30.3 Å². The molecule has 0 saturated heterocycles. The molecule has 0 aliphatic rings. The molecule has 3 N–H and O–H groups in total. The SMILES string of the molecule is Cc1c(N)nc(C(C)C)nc1NCCN(C(C)C)C(C)C. The molecule has 5 heteroatoms. The Kier molecular flexibility index (Phi) is 6.40. The van der Waals surface area contributed by atoms with E-state index in [0.29, 0.717) is 17.9 Å². The smallest absolute Gasteiger partial charge is 0.135 e. The van der Waals surface area contributed by atoms with Gasteiger partial charge in [-0.1, -0.05) is 13.8 Å².